The van der Waals surface area contributed by atoms with E-state index in [1.807, 2.05) is 13.0 Å². The fourth-order valence-electron chi connectivity index (χ4n) is 2.70. The summed E-state index contributed by atoms with van der Waals surface area (Å²) in [6.07, 6.45) is 0. The molecular weight excluding hydrogens is 251 g/mol. The smallest absolute Gasteiger partial charge is 0.123 e. The third-order valence-corrected chi connectivity index (χ3v) is 3.65. The number of hydrogen-bond donors (Lipinski definition) is 2. The van der Waals surface area contributed by atoms with Crippen LogP contribution in [0.2, 0.25) is 0 Å². The predicted molar refractivity (Wildman–Crippen MR) is 80.3 cm³/mol. The number of fused-ring (bicyclic) bond motifs is 2. The van der Waals surface area contributed by atoms with Crippen molar-refractivity contribution in [1.82, 2.24) is 9.97 Å². The Morgan fingerprint density at radius 3 is 2.45 bits per heavy atom. The standard InChI is InChI=1S/C17H13FN2/c1-10-6-12-7-11(2-4-15(12)19-10)17-9-13-8-14(18)3-5-16(13)20-17/h2-9,19-20H,1H3. The number of aromatic amines is 2. The van der Waals surface area contributed by atoms with Gasteiger partial charge in [0.1, 0.15) is 5.82 Å². The molecule has 2 nitrogen and oxygen atoms in total. The normalized spacial score (nSPS) is 11.5. The van der Waals surface area contributed by atoms with E-state index < -0.39 is 0 Å². The van der Waals surface area contributed by atoms with Gasteiger partial charge in [-0.05, 0) is 55.0 Å². The summed E-state index contributed by atoms with van der Waals surface area (Å²) in [7, 11) is 0. The molecule has 0 fully saturated rings. The third-order valence-electron chi connectivity index (χ3n) is 3.65. The van der Waals surface area contributed by atoms with Gasteiger partial charge in [-0.25, -0.2) is 4.39 Å². The molecule has 0 bridgehead atoms. The molecule has 2 heterocycles. The molecule has 0 unspecified atom stereocenters. The average Bonchev–Trinajstić information content (AvgIpc) is 2.99. The van der Waals surface area contributed by atoms with E-state index in [2.05, 4.69) is 34.2 Å². The summed E-state index contributed by atoms with van der Waals surface area (Å²) < 4.78 is 13.2. The molecule has 0 aliphatic heterocycles. The molecule has 0 radical (unpaired) electrons. The van der Waals surface area contributed by atoms with Crippen LogP contribution in [-0.2, 0) is 0 Å². The van der Waals surface area contributed by atoms with Gasteiger partial charge in [0.05, 0.1) is 0 Å². The Balaban J connectivity index is 1.90. The van der Waals surface area contributed by atoms with Gasteiger partial charge in [0.2, 0.25) is 0 Å². The van der Waals surface area contributed by atoms with Crippen molar-refractivity contribution in [1.29, 1.82) is 0 Å². The third kappa shape index (κ3) is 1.71. The van der Waals surface area contributed by atoms with E-state index in [1.54, 1.807) is 12.1 Å². The first-order valence-electron chi connectivity index (χ1n) is 6.57. The minimum atomic E-state index is -0.209. The fraction of sp³-hybridized carbons (Fsp3) is 0.0588. The Labute approximate surface area is 115 Å². The molecule has 0 aliphatic carbocycles. The van der Waals surface area contributed by atoms with Gasteiger partial charge in [0, 0.05) is 33.2 Å². The number of hydrogen-bond acceptors (Lipinski definition) is 0. The molecule has 2 N–H and O–H groups in total. The zero-order chi connectivity index (χ0) is 13.7. The molecular formula is C17H13FN2. The van der Waals surface area contributed by atoms with Crippen molar-refractivity contribution in [3.63, 3.8) is 0 Å². The van der Waals surface area contributed by atoms with Crippen LogP contribution in [0.3, 0.4) is 0 Å². The Hall–Kier alpha value is -2.55. The maximum atomic E-state index is 13.2. The Morgan fingerprint density at radius 2 is 1.55 bits per heavy atom. The van der Waals surface area contributed by atoms with Crippen molar-refractivity contribution < 1.29 is 4.39 Å². The van der Waals surface area contributed by atoms with Crippen LogP contribution in [0, 0.1) is 12.7 Å². The lowest BCUT2D eigenvalue weighted by atomic mass is 10.1. The number of nitrogens with one attached hydrogen (secondary N) is 2. The minimum absolute atomic E-state index is 0.209. The molecule has 0 amide bonds. The van der Waals surface area contributed by atoms with Crippen LogP contribution in [0.1, 0.15) is 5.69 Å². The summed E-state index contributed by atoms with van der Waals surface area (Å²) in [5.41, 5.74) is 5.34. The molecule has 0 saturated carbocycles. The summed E-state index contributed by atoms with van der Waals surface area (Å²) in [4.78, 5) is 6.65. The van der Waals surface area contributed by atoms with E-state index in [1.165, 1.54) is 11.5 Å². The first-order chi connectivity index (χ1) is 9.69. The van der Waals surface area contributed by atoms with Crippen molar-refractivity contribution in [3.8, 4) is 11.3 Å². The van der Waals surface area contributed by atoms with E-state index in [9.17, 15) is 4.39 Å². The van der Waals surface area contributed by atoms with E-state index in [0.29, 0.717) is 0 Å². The Kier molecular flexibility index (Phi) is 2.24. The molecule has 98 valence electrons. The summed E-state index contributed by atoms with van der Waals surface area (Å²) in [5, 5.41) is 2.08. The zero-order valence-corrected chi connectivity index (χ0v) is 11.0. The van der Waals surface area contributed by atoms with Gasteiger partial charge in [0.15, 0.2) is 0 Å². The molecule has 2 aromatic heterocycles. The minimum Gasteiger partial charge on any atom is -0.359 e. The highest BCUT2D eigenvalue weighted by Gasteiger charge is 2.06. The lowest BCUT2D eigenvalue weighted by molar-refractivity contribution is 0.630. The van der Waals surface area contributed by atoms with Crippen LogP contribution in [0.4, 0.5) is 4.39 Å². The summed E-state index contributed by atoms with van der Waals surface area (Å²) in [5.74, 6) is -0.209. The highest BCUT2D eigenvalue weighted by molar-refractivity contribution is 5.89. The molecule has 0 saturated heterocycles. The first kappa shape index (κ1) is 11.3. The van der Waals surface area contributed by atoms with Crippen molar-refractivity contribution in [3.05, 3.63) is 60.0 Å². The maximum absolute atomic E-state index is 13.2. The van der Waals surface area contributed by atoms with Crippen LogP contribution in [0.25, 0.3) is 33.1 Å². The fourth-order valence-corrected chi connectivity index (χ4v) is 2.70. The van der Waals surface area contributed by atoms with Crippen molar-refractivity contribution >= 4 is 21.8 Å². The van der Waals surface area contributed by atoms with Crippen molar-refractivity contribution in [2.75, 3.05) is 0 Å². The number of halogens is 1. The highest BCUT2D eigenvalue weighted by Crippen LogP contribution is 2.27. The van der Waals surface area contributed by atoms with E-state index in [0.717, 1.165) is 33.4 Å². The Bertz CT molecular complexity index is 931. The number of aromatic nitrogens is 2. The van der Waals surface area contributed by atoms with E-state index in [-0.39, 0.29) is 5.82 Å². The van der Waals surface area contributed by atoms with Crippen molar-refractivity contribution in [2.24, 2.45) is 0 Å². The van der Waals surface area contributed by atoms with Crippen LogP contribution in [0.15, 0.2) is 48.5 Å². The lowest BCUT2D eigenvalue weighted by Gasteiger charge is -1.98. The van der Waals surface area contributed by atoms with E-state index >= 15 is 0 Å². The molecule has 0 spiro atoms. The first-order valence-corrected chi connectivity index (χ1v) is 6.57. The molecule has 2 aromatic carbocycles. The molecule has 0 atom stereocenters. The molecule has 4 rings (SSSR count). The summed E-state index contributed by atoms with van der Waals surface area (Å²) >= 11 is 0. The van der Waals surface area contributed by atoms with Crippen LogP contribution < -0.4 is 0 Å². The van der Waals surface area contributed by atoms with Gasteiger partial charge in [-0.1, -0.05) is 6.07 Å². The second-order valence-electron chi connectivity index (χ2n) is 5.17. The van der Waals surface area contributed by atoms with Crippen molar-refractivity contribution in [2.45, 2.75) is 6.92 Å². The molecule has 3 heteroatoms. The Morgan fingerprint density at radius 1 is 0.800 bits per heavy atom. The monoisotopic (exact) mass is 264 g/mol. The average molecular weight is 264 g/mol. The second-order valence-corrected chi connectivity index (χ2v) is 5.17. The van der Waals surface area contributed by atoms with E-state index in [4.69, 9.17) is 0 Å². The molecule has 0 aliphatic rings. The maximum Gasteiger partial charge on any atom is 0.123 e. The van der Waals surface area contributed by atoms with Crippen LogP contribution >= 0.6 is 0 Å². The second kappa shape index (κ2) is 3.97. The molecule has 20 heavy (non-hydrogen) atoms. The van der Waals surface area contributed by atoms with Gasteiger partial charge in [-0.15, -0.1) is 0 Å². The summed E-state index contributed by atoms with van der Waals surface area (Å²) in [6.45, 7) is 2.05. The quantitative estimate of drug-likeness (QED) is 0.496. The van der Waals surface area contributed by atoms with Gasteiger partial charge >= 0.3 is 0 Å². The van der Waals surface area contributed by atoms with Gasteiger partial charge < -0.3 is 9.97 Å². The van der Waals surface area contributed by atoms with Crippen LogP contribution in [0.5, 0.6) is 0 Å². The number of rotatable bonds is 1. The van der Waals surface area contributed by atoms with Gasteiger partial charge in [-0.3, -0.25) is 0 Å². The largest absolute Gasteiger partial charge is 0.359 e. The SMILES string of the molecule is Cc1cc2cc(-c3cc4cc(F)ccc4[nH]3)ccc2[nH]1. The number of benzene rings is 2. The van der Waals surface area contributed by atoms with Crippen LogP contribution in [-0.4, -0.2) is 9.97 Å². The molecule has 4 aromatic rings. The lowest BCUT2D eigenvalue weighted by Crippen LogP contribution is -1.77. The highest BCUT2D eigenvalue weighted by atomic mass is 19.1. The number of aryl methyl sites for hydroxylation is 1. The zero-order valence-electron chi connectivity index (χ0n) is 11.0. The van der Waals surface area contributed by atoms with Gasteiger partial charge in [0.25, 0.3) is 0 Å². The van der Waals surface area contributed by atoms with Gasteiger partial charge in [-0.2, -0.15) is 0 Å². The number of H-pyrrole nitrogens is 2. The predicted octanol–water partition coefficient (Wildman–Crippen LogP) is 4.76. The topological polar surface area (TPSA) is 31.6 Å². The summed E-state index contributed by atoms with van der Waals surface area (Å²) in [6, 6.07) is 15.2.